The van der Waals surface area contributed by atoms with Crippen molar-refractivity contribution in [2.24, 2.45) is 39.3 Å². The lowest BCUT2D eigenvalue weighted by atomic mass is 9.94. The number of benzene rings is 1. The third-order valence-corrected chi connectivity index (χ3v) is 12.1. The number of guanidine groups is 1. The van der Waals surface area contributed by atoms with E-state index in [4.69, 9.17) is 21.7 Å². The molecule has 0 saturated heterocycles. The number of aliphatic carboxylic acids is 2. The van der Waals surface area contributed by atoms with Crippen LogP contribution in [0.1, 0.15) is 71.8 Å². The molecule has 25 nitrogen and oxygen atoms in total. The number of hydrogen-bond acceptors (Lipinski definition) is 12. The summed E-state index contributed by atoms with van der Waals surface area (Å²) < 4.78 is 5.81. The number of ether oxygens (including phenoxy) is 1. The minimum absolute atomic E-state index is 0.00565. The first-order valence-electron chi connectivity index (χ1n) is 23.3. The van der Waals surface area contributed by atoms with E-state index in [0.717, 1.165) is 16.5 Å². The Bertz CT molecular complexity index is 2310. The molecule has 12 N–H and O–H groups in total. The van der Waals surface area contributed by atoms with Gasteiger partial charge in [-0.25, -0.2) is 9.59 Å². The number of carbonyl (C=O) groups excluding carboxylic acids is 7. The van der Waals surface area contributed by atoms with E-state index in [0.29, 0.717) is 12.0 Å². The quantitative estimate of drug-likeness (QED) is 0.0187. The summed E-state index contributed by atoms with van der Waals surface area (Å²) in [7, 11) is 2.82. The van der Waals surface area contributed by atoms with E-state index in [2.05, 4.69) is 46.9 Å². The number of aliphatic imine (C=N–C) groups is 1. The fourth-order valence-corrected chi connectivity index (χ4v) is 7.78. The summed E-state index contributed by atoms with van der Waals surface area (Å²) in [6.07, 6.45) is 5.42. The van der Waals surface area contributed by atoms with Crippen LogP contribution in [0.5, 0.6) is 0 Å². The van der Waals surface area contributed by atoms with Gasteiger partial charge in [-0.05, 0) is 62.6 Å². The third kappa shape index (κ3) is 18.2. The Kier molecular flexibility index (Phi) is 23.4. The van der Waals surface area contributed by atoms with Gasteiger partial charge in [-0.3, -0.25) is 38.6 Å². The summed E-state index contributed by atoms with van der Waals surface area (Å²) >= 11 is 0. The van der Waals surface area contributed by atoms with Gasteiger partial charge in [0.2, 0.25) is 35.4 Å². The lowest BCUT2D eigenvalue weighted by Crippen LogP contribution is -2.58. The second-order valence-electron chi connectivity index (χ2n) is 17.6. The number of amides is 7. The van der Waals surface area contributed by atoms with Gasteiger partial charge >= 0.3 is 11.9 Å². The molecular formula is C47H67N13O12. The number of nitrogens with zero attached hydrogens (tertiary/aromatic N) is 5. The number of allylic oxidation sites excluding steroid dienone is 2. The molecule has 2 aliphatic heterocycles. The molecule has 392 valence electrons. The molecule has 0 aliphatic carbocycles. The predicted molar refractivity (Wildman–Crippen MR) is 261 cm³/mol. The Morgan fingerprint density at radius 2 is 1.47 bits per heavy atom. The lowest BCUT2D eigenvalue weighted by molar-refractivity contribution is -0.146. The number of carboxylic acids is 2. The van der Waals surface area contributed by atoms with E-state index in [9.17, 15) is 53.4 Å². The van der Waals surface area contributed by atoms with Crippen LogP contribution in [0.3, 0.4) is 0 Å². The van der Waals surface area contributed by atoms with Crippen LogP contribution < -0.4 is 43.4 Å². The van der Waals surface area contributed by atoms with E-state index in [1.54, 1.807) is 20.1 Å². The minimum Gasteiger partial charge on any atom is -0.480 e. The molecule has 1 aromatic carbocycles. The first-order chi connectivity index (χ1) is 34.1. The van der Waals surface area contributed by atoms with Crippen molar-refractivity contribution in [2.75, 3.05) is 27.2 Å². The van der Waals surface area contributed by atoms with Crippen molar-refractivity contribution in [3.8, 4) is 0 Å². The van der Waals surface area contributed by atoms with Gasteiger partial charge in [-0.2, -0.15) is 0 Å². The fraction of sp³-hybridized carbons (Fsp3) is 0.532. The number of likely N-dealkylation sites (N-methyl/N-ethyl adjacent to an activating group) is 1. The van der Waals surface area contributed by atoms with Gasteiger partial charge in [0.05, 0.1) is 24.0 Å². The van der Waals surface area contributed by atoms with Crippen LogP contribution in [0.4, 0.5) is 0 Å². The standard InChI is InChI=1S/C47H67N13O12/c1-25(22-26(2)36(72-6)23-29-12-8-7-9-13-29)16-17-30-27(3)39(62)56-33(45(68)69)18-19-37(61)60(5)35-24-34(57-44(35)67)43(66)55-32(15-11-21-52-59-50)42(65)58-38(46(70)71)28(4)40(63)54-31(41(64)53-30)14-10-20-51-47(48)49/h7-9,12-13,16-17,22,24,26-28,30-34,36,38H,10-11,14-15,18-21,23H2,1-6H3,(H,53,64)(H,54,63)(H,55,66)(H,56,62)(H,57,67)(H,58,65)(H,68,69)(H,70,71)(H4,48,49,51)/b17-16+,25-22+/t26-,27-,28-,30-,31-,32-,33+,34+,36-,38+/m0/s1. The number of methoxy groups -OCH3 is 1. The van der Waals surface area contributed by atoms with Crippen LogP contribution in [-0.4, -0.2) is 144 Å². The summed E-state index contributed by atoms with van der Waals surface area (Å²) in [5, 5.41) is 38.8. The predicted octanol–water partition coefficient (Wildman–Crippen LogP) is 0.0267. The highest BCUT2D eigenvalue weighted by Crippen LogP contribution is 2.20. The van der Waals surface area contributed by atoms with Crippen molar-refractivity contribution in [1.82, 2.24) is 36.8 Å². The molecule has 72 heavy (non-hydrogen) atoms. The molecular weight excluding hydrogens is 939 g/mol. The Balaban J connectivity index is 2.13. The summed E-state index contributed by atoms with van der Waals surface area (Å²) in [6, 6.07) is 0.552. The van der Waals surface area contributed by atoms with E-state index in [-0.39, 0.29) is 62.5 Å². The molecule has 0 unspecified atom stereocenters. The Morgan fingerprint density at radius 3 is 2.07 bits per heavy atom. The lowest BCUT2D eigenvalue weighted by Gasteiger charge is -2.28. The van der Waals surface area contributed by atoms with Gasteiger partial charge in [-0.15, -0.1) is 0 Å². The van der Waals surface area contributed by atoms with Gasteiger partial charge in [0.1, 0.15) is 35.9 Å². The van der Waals surface area contributed by atoms with Crippen molar-refractivity contribution in [2.45, 2.75) is 115 Å². The Labute approximate surface area is 416 Å². The molecule has 0 saturated carbocycles. The van der Waals surface area contributed by atoms with Crippen LogP contribution in [-0.2, 0) is 54.3 Å². The van der Waals surface area contributed by atoms with Crippen LogP contribution >= 0.6 is 0 Å². The summed E-state index contributed by atoms with van der Waals surface area (Å²) in [5.74, 6) is -12.7. The van der Waals surface area contributed by atoms with Crippen LogP contribution in [0.2, 0.25) is 0 Å². The van der Waals surface area contributed by atoms with E-state index in [1.807, 2.05) is 43.3 Å². The molecule has 1 aromatic rings. The number of carboxylic acid groups (broad SMARTS) is 2. The van der Waals surface area contributed by atoms with Gasteiger partial charge in [0.25, 0.3) is 5.91 Å². The molecule has 7 amide bonds. The zero-order valence-electron chi connectivity index (χ0n) is 41.2. The van der Waals surface area contributed by atoms with Crippen molar-refractivity contribution >= 4 is 59.2 Å². The normalized spacial score (nSPS) is 25.2. The number of hydrogen-bond donors (Lipinski definition) is 10. The molecule has 0 radical (unpaired) electrons. The van der Waals surface area contributed by atoms with Crippen molar-refractivity contribution < 1.29 is 58.1 Å². The number of carbonyl (C=O) groups is 9. The zero-order valence-corrected chi connectivity index (χ0v) is 41.2. The average Bonchev–Trinajstić information content (AvgIpc) is 3.74. The second-order valence-corrected chi connectivity index (χ2v) is 17.6. The topological polar surface area (TPSA) is 392 Å². The maximum Gasteiger partial charge on any atom is 0.327 e. The second kappa shape index (κ2) is 28.8. The molecule has 2 bridgehead atoms. The van der Waals surface area contributed by atoms with Crippen LogP contribution in [0.25, 0.3) is 10.4 Å². The Hall–Kier alpha value is -7.79. The van der Waals surface area contributed by atoms with Gasteiger partial charge < -0.3 is 63.2 Å². The van der Waals surface area contributed by atoms with Gasteiger partial charge in [-0.1, -0.05) is 80.0 Å². The largest absolute Gasteiger partial charge is 0.480 e. The van der Waals surface area contributed by atoms with Crippen molar-refractivity contribution in [1.29, 1.82) is 0 Å². The number of azide groups is 1. The SMILES string of the molecule is CO[C@@H](Cc1ccccc1)[C@@H](C)/C=C(C)/C=C/[C@@H]1NC(=O)[C@H](CCCN=C(N)N)NC(=O)[C@@H](C)[C@H](C(=O)O)NC(=O)[C@H](CCCN=[N+]=[N-])NC(=O)[C@H]2C=C(C(=O)N2)N(C)C(=O)CC[C@H](C(=O)O)NC(=O)[C@H]1C. The highest BCUT2D eigenvalue weighted by atomic mass is 16.5. The number of nitrogens with one attached hydrogen (secondary N) is 6. The summed E-state index contributed by atoms with van der Waals surface area (Å²) in [4.78, 5) is 129. The maximum absolute atomic E-state index is 14.4. The van der Waals surface area contributed by atoms with Crippen molar-refractivity contribution in [3.63, 3.8) is 0 Å². The van der Waals surface area contributed by atoms with Gasteiger partial charge in [0, 0.05) is 44.5 Å². The van der Waals surface area contributed by atoms with Crippen LogP contribution in [0.15, 0.2) is 76.0 Å². The number of nitrogens with two attached hydrogens (primary N) is 2. The maximum atomic E-state index is 14.4. The minimum atomic E-state index is -1.95. The molecule has 2 heterocycles. The van der Waals surface area contributed by atoms with E-state index in [1.165, 1.54) is 27.0 Å². The molecule has 2 aliphatic rings. The van der Waals surface area contributed by atoms with Crippen molar-refractivity contribution in [3.05, 3.63) is 81.9 Å². The summed E-state index contributed by atoms with van der Waals surface area (Å²) in [5.41, 5.74) is 21.2. The van der Waals surface area contributed by atoms with E-state index >= 15 is 0 Å². The smallest absolute Gasteiger partial charge is 0.327 e. The highest BCUT2D eigenvalue weighted by Gasteiger charge is 2.39. The van der Waals surface area contributed by atoms with E-state index < -0.39 is 114 Å². The molecule has 0 fully saturated rings. The fourth-order valence-electron chi connectivity index (χ4n) is 7.78. The molecule has 25 heteroatoms. The first kappa shape index (κ1) is 58.5. The molecule has 0 aromatic heterocycles. The monoisotopic (exact) mass is 1010 g/mol. The first-order valence-corrected chi connectivity index (χ1v) is 23.3. The molecule has 10 atom stereocenters. The average molecular weight is 1010 g/mol. The highest BCUT2D eigenvalue weighted by molar-refractivity contribution is 6.05. The molecule has 0 spiro atoms. The molecule has 3 rings (SSSR count). The van der Waals surface area contributed by atoms with Crippen LogP contribution in [0, 0.1) is 17.8 Å². The summed E-state index contributed by atoms with van der Waals surface area (Å²) in [6.45, 7) is 6.24. The third-order valence-electron chi connectivity index (χ3n) is 12.1. The zero-order chi connectivity index (χ0) is 53.7. The van der Waals surface area contributed by atoms with Gasteiger partial charge in [0.15, 0.2) is 5.96 Å². The number of fused-ring (bicyclic) bond motifs is 1. The number of rotatable bonds is 17. The Morgan fingerprint density at radius 1 is 0.861 bits per heavy atom.